The number of carbonyl (C=O) groups excluding carboxylic acids is 2. The van der Waals surface area contributed by atoms with Crippen LogP contribution < -0.4 is 0 Å². The molecule has 90 valence electrons. The molecule has 0 radical (unpaired) electrons. The van der Waals surface area contributed by atoms with Gasteiger partial charge in [0.1, 0.15) is 0 Å². The molecular formula is C9H15N3O3S. The lowest BCUT2D eigenvalue weighted by Crippen LogP contribution is -2.33. The highest BCUT2D eigenvalue weighted by Gasteiger charge is 2.43. The third-order valence-corrected chi connectivity index (χ3v) is 3.24. The summed E-state index contributed by atoms with van der Waals surface area (Å²) < 4.78 is -0.557. The Morgan fingerprint density at radius 1 is 1.50 bits per heavy atom. The summed E-state index contributed by atoms with van der Waals surface area (Å²) in [5.74, 6) is -0.0582. The Bertz CT molecular complexity index is 352. The second-order valence-electron chi connectivity index (χ2n) is 4.10. The summed E-state index contributed by atoms with van der Waals surface area (Å²) in [4.78, 5) is 30.1. The molecule has 0 atom stereocenters. The average molecular weight is 245 g/mol. The second-order valence-corrected chi connectivity index (χ2v) is 5.69. The van der Waals surface area contributed by atoms with Crippen molar-refractivity contribution < 1.29 is 14.4 Å². The van der Waals surface area contributed by atoms with Crippen LogP contribution in [0.2, 0.25) is 0 Å². The Labute approximate surface area is 98.6 Å². The van der Waals surface area contributed by atoms with Crippen LogP contribution in [-0.2, 0) is 9.63 Å². The molecule has 0 N–H and O–H groups in total. The average Bonchev–Trinajstić information content (AvgIpc) is 2.38. The monoisotopic (exact) mass is 245 g/mol. The third-order valence-electron chi connectivity index (χ3n) is 2.02. The molecule has 0 aromatic heterocycles. The number of amides is 2. The highest BCUT2D eigenvalue weighted by Crippen LogP contribution is 2.35. The van der Waals surface area contributed by atoms with E-state index in [2.05, 4.69) is 9.99 Å². The second kappa shape index (κ2) is 4.32. The molecule has 0 aliphatic carbocycles. The topological polar surface area (TPSA) is 62.2 Å². The summed E-state index contributed by atoms with van der Waals surface area (Å²) in [5.41, 5.74) is 0. The number of amidine groups is 1. The summed E-state index contributed by atoms with van der Waals surface area (Å²) in [7, 11) is 4.72. The van der Waals surface area contributed by atoms with Crippen LogP contribution in [0.4, 0.5) is 4.79 Å². The quantitative estimate of drug-likeness (QED) is 0.509. The van der Waals surface area contributed by atoms with Gasteiger partial charge < -0.3 is 4.90 Å². The van der Waals surface area contributed by atoms with Crippen molar-refractivity contribution in [3.05, 3.63) is 0 Å². The Morgan fingerprint density at radius 3 is 2.44 bits per heavy atom. The van der Waals surface area contributed by atoms with Gasteiger partial charge in [0.15, 0.2) is 0 Å². The zero-order chi connectivity index (χ0) is 12.5. The molecule has 0 aromatic carbocycles. The molecule has 0 bridgehead atoms. The number of rotatable bonds is 1. The Kier molecular flexibility index (Phi) is 3.47. The van der Waals surface area contributed by atoms with E-state index in [9.17, 15) is 9.59 Å². The van der Waals surface area contributed by atoms with Gasteiger partial charge in [0.2, 0.25) is 11.1 Å². The lowest BCUT2D eigenvalue weighted by Gasteiger charge is -2.11. The van der Waals surface area contributed by atoms with Crippen molar-refractivity contribution in [3.63, 3.8) is 0 Å². The molecule has 0 unspecified atom stereocenters. The van der Waals surface area contributed by atoms with Crippen LogP contribution in [0.3, 0.4) is 0 Å². The van der Waals surface area contributed by atoms with Crippen LogP contribution in [0, 0.1) is 0 Å². The predicted molar refractivity (Wildman–Crippen MR) is 62.0 cm³/mol. The van der Waals surface area contributed by atoms with Gasteiger partial charge in [0.25, 0.3) is 0 Å². The number of oxime groups is 1. The van der Waals surface area contributed by atoms with Gasteiger partial charge in [-0.05, 0) is 19.0 Å². The standard InChI is InChI=1S/C9H15N3O3S/c1-9(2)6(13)12(5)7(16-9)10-15-8(14)11(3)4/h1-5H3. The van der Waals surface area contributed by atoms with E-state index >= 15 is 0 Å². The van der Waals surface area contributed by atoms with Gasteiger partial charge in [-0.3, -0.25) is 14.5 Å². The van der Waals surface area contributed by atoms with E-state index in [0.717, 1.165) is 0 Å². The van der Waals surface area contributed by atoms with E-state index in [4.69, 9.17) is 0 Å². The SMILES string of the molecule is CN(C)C(=O)ON=C1SC(C)(C)C(=O)N1C. The zero-order valence-corrected chi connectivity index (χ0v) is 10.8. The fourth-order valence-electron chi connectivity index (χ4n) is 1.07. The van der Waals surface area contributed by atoms with E-state index in [1.165, 1.54) is 21.6 Å². The first kappa shape index (κ1) is 12.8. The largest absolute Gasteiger partial charge is 0.435 e. The first-order valence-electron chi connectivity index (χ1n) is 4.69. The van der Waals surface area contributed by atoms with Crippen LogP contribution in [0.1, 0.15) is 13.8 Å². The van der Waals surface area contributed by atoms with Crippen molar-refractivity contribution in [2.24, 2.45) is 5.16 Å². The molecule has 0 spiro atoms. The maximum absolute atomic E-state index is 11.7. The molecule has 1 saturated heterocycles. The minimum absolute atomic E-state index is 0.0582. The lowest BCUT2D eigenvalue weighted by atomic mass is 10.2. The number of hydrogen-bond acceptors (Lipinski definition) is 5. The lowest BCUT2D eigenvalue weighted by molar-refractivity contribution is -0.127. The first-order chi connectivity index (χ1) is 7.25. The normalized spacial score (nSPS) is 21.4. The van der Waals surface area contributed by atoms with Crippen LogP contribution in [-0.4, -0.2) is 52.9 Å². The first-order valence-corrected chi connectivity index (χ1v) is 5.51. The van der Waals surface area contributed by atoms with Gasteiger partial charge in [0, 0.05) is 21.1 Å². The van der Waals surface area contributed by atoms with Crippen LogP contribution in [0.15, 0.2) is 5.16 Å². The molecule has 1 rings (SSSR count). The van der Waals surface area contributed by atoms with E-state index < -0.39 is 10.8 Å². The predicted octanol–water partition coefficient (Wildman–Crippen LogP) is 0.939. The smallest absolute Gasteiger partial charge is 0.312 e. The van der Waals surface area contributed by atoms with E-state index in [0.29, 0.717) is 5.17 Å². The minimum Gasteiger partial charge on any atom is -0.312 e. The number of hydrogen-bond donors (Lipinski definition) is 0. The molecule has 7 heteroatoms. The van der Waals surface area contributed by atoms with Gasteiger partial charge >= 0.3 is 6.09 Å². The van der Waals surface area contributed by atoms with Gasteiger partial charge in [-0.2, -0.15) is 0 Å². The summed E-state index contributed by atoms with van der Waals surface area (Å²) in [6, 6.07) is 0. The molecular weight excluding hydrogens is 230 g/mol. The molecule has 1 aliphatic heterocycles. The van der Waals surface area contributed by atoms with Crippen molar-refractivity contribution in [3.8, 4) is 0 Å². The zero-order valence-electron chi connectivity index (χ0n) is 9.97. The van der Waals surface area contributed by atoms with Crippen molar-refractivity contribution in [2.45, 2.75) is 18.6 Å². The third kappa shape index (κ3) is 2.46. The van der Waals surface area contributed by atoms with Gasteiger partial charge in [-0.25, -0.2) is 4.79 Å². The fourth-order valence-corrected chi connectivity index (χ4v) is 2.05. The van der Waals surface area contributed by atoms with Crippen molar-refractivity contribution >= 4 is 28.9 Å². The minimum atomic E-state index is -0.571. The highest BCUT2D eigenvalue weighted by atomic mass is 32.2. The van der Waals surface area contributed by atoms with Crippen molar-refractivity contribution in [1.29, 1.82) is 0 Å². The fraction of sp³-hybridized carbons (Fsp3) is 0.667. The van der Waals surface area contributed by atoms with Crippen molar-refractivity contribution in [1.82, 2.24) is 9.80 Å². The van der Waals surface area contributed by atoms with Crippen LogP contribution in [0.25, 0.3) is 0 Å². The highest BCUT2D eigenvalue weighted by molar-refractivity contribution is 8.16. The van der Waals surface area contributed by atoms with E-state index in [-0.39, 0.29) is 5.91 Å². The summed E-state index contributed by atoms with van der Waals surface area (Å²) in [6.07, 6.45) is -0.571. The molecule has 0 aromatic rings. The molecule has 1 heterocycles. The number of carbonyl (C=O) groups is 2. The summed E-state index contributed by atoms with van der Waals surface area (Å²) in [5, 5.41) is 4.06. The summed E-state index contributed by atoms with van der Waals surface area (Å²) in [6.45, 7) is 3.60. The maximum Gasteiger partial charge on any atom is 0.435 e. The van der Waals surface area contributed by atoms with Gasteiger partial charge in [0.05, 0.1) is 4.75 Å². The van der Waals surface area contributed by atoms with Crippen LogP contribution in [0.5, 0.6) is 0 Å². The van der Waals surface area contributed by atoms with Crippen molar-refractivity contribution in [2.75, 3.05) is 21.1 Å². The Balaban J connectivity index is 2.73. The molecule has 2 amide bonds. The molecule has 0 saturated carbocycles. The number of thioether (sulfide) groups is 1. The molecule has 1 fully saturated rings. The van der Waals surface area contributed by atoms with E-state index in [1.54, 1.807) is 35.0 Å². The molecule has 1 aliphatic rings. The Hall–Kier alpha value is -1.24. The molecule has 6 nitrogen and oxygen atoms in total. The van der Waals surface area contributed by atoms with Gasteiger partial charge in [-0.15, -0.1) is 0 Å². The van der Waals surface area contributed by atoms with E-state index in [1.807, 2.05) is 0 Å². The maximum atomic E-state index is 11.7. The van der Waals surface area contributed by atoms with Gasteiger partial charge in [-0.1, -0.05) is 11.8 Å². The summed E-state index contributed by atoms with van der Waals surface area (Å²) >= 11 is 1.27. The Morgan fingerprint density at radius 2 is 2.06 bits per heavy atom. The molecule has 16 heavy (non-hydrogen) atoms. The van der Waals surface area contributed by atoms with Crippen LogP contribution >= 0.6 is 11.8 Å². The number of nitrogens with zero attached hydrogens (tertiary/aromatic N) is 3.